The maximum absolute atomic E-state index is 12.2. The summed E-state index contributed by atoms with van der Waals surface area (Å²) < 4.78 is 5.25. The Balaban J connectivity index is 1.75. The van der Waals surface area contributed by atoms with Gasteiger partial charge in [-0.1, -0.05) is 12.8 Å². The molecule has 118 valence electrons. The monoisotopic (exact) mass is 294 g/mol. The molecule has 0 saturated heterocycles. The first-order valence-corrected chi connectivity index (χ1v) is 7.69. The molecule has 1 fully saturated rings. The van der Waals surface area contributed by atoms with Gasteiger partial charge in [0.2, 0.25) is 5.91 Å². The average Bonchev–Trinajstić information content (AvgIpc) is 2.94. The fourth-order valence-electron chi connectivity index (χ4n) is 2.94. The molecule has 1 saturated carbocycles. The van der Waals surface area contributed by atoms with Crippen molar-refractivity contribution in [2.45, 2.75) is 38.3 Å². The predicted octanol–water partition coefficient (Wildman–Crippen LogP) is 1.72. The molecule has 1 aromatic rings. The zero-order chi connectivity index (χ0) is 15.2. The molecular weight excluding hydrogens is 268 g/mol. The first-order valence-electron chi connectivity index (χ1n) is 7.69. The van der Waals surface area contributed by atoms with Gasteiger partial charge in [-0.15, -0.1) is 0 Å². The maximum atomic E-state index is 12.2. The van der Waals surface area contributed by atoms with Crippen LogP contribution in [0.4, 0.5) is 0 Å². The van der Waals surface area contributed by atoms with Gasteiger partial charge in [-0.3, -0.25) is 9.69 Å². The minimum Gasteiger partial charge on any atom is -0.467 e. The molecule has 1 aliphatic carbocycles. The van der Waals surface area contributed by atoms with Crippen LogP contribution in [0.2, 0.25) is 0 Å². The normalized spacial score (nSPS) is 22.5. The topological polar surface area (TPSA) is 56.9 Å². The van der Waals surface area contributed by atoms with E-state index in [4.69, 9.17) is 4.42 Å². The molecule has 1 aromatic heterocycles. The fraction of sp³-hybridized carbons (Fsp3) is 0.688. The van der Waals surface area contributed by atoms with Crippen LogP contribution < -0.4 is 0 Å². The van der Waals surface area contributed by atoms with Crippen LogP contribution in [0.1, 0.15) is 31.4 Å². The average molecular weight is 294 g/mol. The Bertz CT molecular complexity index is 433. The van der Waals surface area contributed by atoms with E-state index in [0.29, 0.717) is 19.0 Å². The highest BCUT2D eigenvalue weighted by Gasteiger charge is 2.25. The van der Waals surface area contributed by atoms with Crippen molar-refractivity contribution in [3.8, 4) is 0 Å². The van der Waals surface area contributed by atoms with Gasteiger partial charge in [0, 0.05) is 13.6 Å². The molecule has 2 atom stereocenters. The van der Waals surface area contributed by atoms with E-state index in [0.717, 1.165) is 31.6 Å². The minimum absolute atomic E-state index is 0.0687. The third-order valence-corrected chi connectivity index (χ3v) is 4.22. The number of nitrogens with zero attached hydrogens (tertiary/aromatic N) is 2. The lowest BCUT2D eigenvalue weighted by atomic mass is 9.86. The summed E-state index contributed by atoms with van der Waals surface area (Å²) in [5, 5.41) is 10.00. The highest BCUT2D eigenvalue weighted by molar-refractivity contribution is 5.77. The molecule has 1 amide bonds. The minimum atomic E-state index is -0.211. The van der Waals surface area contributed by atoms with Crippen LogP contribution in [-0.2, 0) is 11.3 Å². The molecule has 5 heteroatoms. The summed E-state index contributed by atoms with van der Waals surface area (Å²) in [7, 11) is 3.73. The lowest BCUT2D eigenvalue weighted by Crippen LogP contribution is -2.41. The first-order chi connectivity index (χ1) is 10.1. The largest absolute Gasteiger partial charge is 0.467 e. The Morgan fingerprint density at radius 2 is 2.14 bits per heavy atom. The lowest BCUT2D eigenvalue weighted by molar-refractivity contribution is -0.131. The molecule has 5 nitrogen and oxygen atoms in total. The molecule has 2 unspecified atom stereocenters. The molecule has 1 heterocycles. The van der Waals surface area contributed by atoms with E-state index in [1.54, 1.807) is 18.2 Å². The first kappa shape index (κ1) is 16.0. The van der Waals surface area contributed by atoms with Crippen LogP contribution >= 0.6 is 0 Å². The van der Waals surface area contributed by atoms with Crippen molar-refractivity contribution in [1.29, 1.82) is 0 Å². The summed E-state index contributed by atoms with van der Waals surface area (Å²) in [6, 6.07) is 3.69. The SMILES string of the molecule is CN(CC(=O)N(C)Cc1ccco1)CC1CCCCC1O. The van der Waals surface area contributed by atoms with Crippen LogP contribution in [-0.4, -0.2) is 54.1 Å². The van der Waals surface area contributed by atoms with Crippen molar-refractivity contribution in [3.05, 3.63) is 24.2 Å². The van der Waals surface area contributed by atoms with Gasteiger partial charge in [0.05, 0.1) is 25.5 Å². The summed E-state index contributed by atoms with van der Waals surface area (Å²) >= 11 is 0. The van der Waals surface area contributed by atoms with Crippen molar-refractivity contribution in [1.82, 2.24) is 9.80 Å². The molecule has 0 spiro atoms. The number of amides is 1. The van der Waals surface area contributed by atoms with Crippen LogP contribution in [0.3, 0.4) is 0 Å². The molecule has 0 aromatic carbocycles. The van der Waals surface area contributed by atoms with E-state index in [9.17, 15) is 9.90 Å². The van der Waals surface area contributed by atoms with Crippen LogP contribution in [0.15, 0.2) is 22.8 Å². The van der Waals surface area contributed by atoms with Crippen molar-refractivity contribution in [2.75, 3.05) is 27.2 Å². The molecule has 0 radical (unpaired) electrons. The quantitative estimate of drug-likeness (QED) is 0.868. The number of carbonyl (C=O) groups is 1. The number of hydrogen-bond donors (Lipinski definition) is 1. The summed E-state index contributed by atoms with van der Waals surface area (Å²) in [5.74, 6) is 1.15. The number of hydrogen-bond acceptors (Lipinski definition) is 4. The number of rotatable bonds is 6. The highest BCUT2D eigenvalue weighted by Crippen LogP contribution is 2.24. The van der Waals surface area contributed by atoms with Crippen molar-refractivity contribution >= 4 is 5.91 Å². The maximum Gasteiger partial charge on any atom is 0.236 e. The van der Waals surface area contributed by atoms with Gasteiger partial charge >= 0.3 is 0 Å². The Morgan fingerprint density at radius 3 is 2.81 bits per heavy atom. The van der Waals surface area contributed by atoms with Crippen molar-refractivity contribution < 1.29 is 14.3 Å². The van der Waals surface area contributed by atoms with Gasteiger partial charge in [0.15, 0.2) is 0 Å². The summed E-state index contributed by atoms with van der Waals surface area (Å²) in [4.78, 5) is 15.9. The molecule has 0 bridgehead atoms. The molecule has 1 N–H and O–H groups in total. The van der Waals surface area contributed by atoms with Gasteiger partial charge in [0.25, 0.3) is 0 Å². The number of likely N-dealkylation sites (N-methyl/N-ethyl adjacent to an activating group) is 2. The highest BCUT2D eigenvalue weighted by atomic mass is 16.3. The summed E-state index contributed by atoms with van der Waals surface area (Å²) in [6.07, 6.45) is 5.66. The fourth-order valence-corrected chi connectivity index (χ4v) is 2.94. The molecule has 21 heavy (non-hydrogen) atoms. The summed E-state index contributed by atoms with van der Waals surface area (Å²) in [6.45, 7) is 1.65. The second-order valence-corrected chi connectivity index (χ2v) is 6.14. The van der Waals surface area contributed by atoms with Gasteiger partial charge in [-0.25, -0.2) is 0 Å². The smallest absolute Gasteiger partial charge is 0.236 e. The Morgan fingerprint density at radius 1 is 1.38 bits per heavy atom. The second-order valence-electron chi connectivity index (χ2n) is 6.14. The van der Waals surface area contributed by atoms with E-state index in [1.165, 1.54) is 6.42 Å². The predicted molar refractivity (Wildman–Crippen MR) is 80.6 cm³/mol. The zero-order valence-corrected chi connectivity index (χ0v) is 13.0. The Hall–Kier alpha value is -1.33. The van der Waals surface area contributed by atoms with Crippen molar-refractivity contribution in [3.63, 3.8) is 0 Å². The third kappa shape index (κ3) is 4.86. The third-order valence-electron chi connectivity index (χ3n) is 4.22. The second kappa shape index (κ2) is 7.61. The Labute approximate surface area is 126 Å². The van der Waals surface area contributed by atoms with E-state index >= 15 is 0 Å². The Kier molecular flexibility index (Phi) is 5.82. The van der Waals surface area contributed by atoms with Crippen molar-refractivity contribution in [2.24, 2.45) is 5.92 Å². The lowest BCUT2D eigenvalue weighted by Gasteiger charge is -2.31. The van der Waals surface area contributed by atoms with E-state index in [-0.39, 0.29) is 12.0 Å². The van der Waals surface area contributed by atoms with E-state index < -0.39 is 0 Å². The van der Waals surface area contributed by atoms with Crippen LogP contribution in [0.5, 0.6) is 0 Å². The number of carbonyl (C=O) groups excluding carboxylic acids is 1. The number of furan rings is 1. The molecule has 0 aliphatic heterocycles. The standard InChI is InChI=1S/C16H26N2O3/c1-17(10-13-6-3-4-8-15(13)19)12-16(20)18(2)11-14-7-5-9-21-14/h5,7,9,13,15,19H,3-4,6,8,10-12H2,1-2H3. The van der Waals surface area contributed by atoms with Gasteiger partial charge in [-0.05, 0) is 37.9 Å². The number of aliphatic hydroxyl groups excluding tert-OH is 1. The van der Waals surface area contributed by atoms with Crippen LogP contribution in [0, 0.1) is 5.92 Å². The molecule has 1 aliphatic rings. The van der Waals surface area contributed by atoms with Gasteiger partial charge in [-0.2, -0.15) is 0 Å². The van der Waals surface area contributed by atoms with Gasteiger partial charge in [0.1, 0.15) is 5.76 Å². The van der Waals surface area contributed by atoms with E-state index in [1.807, 2.05) is 24.1 Å². The number of aliphatic hydroxyl groups is 1. The molecular formula is C16H26N2O3. The van der Waals surface area contributed by atoms with Gasteiger partial charge < -0.3 is 14.4 Å². The zero-order valence-electron chi connectivity index (χ0n) is 13.0. The summed E-state index contributed by atoms with van der Waals surface area (Å²) in [5.41, 5.74) is 0. The van der Waals surface area contributed by atoms with Crippen LogP contribution in [0.25, 0.3) is 0 Å². The molecule has 2 rings (SSSR count). The van der Waals surface area contributed by atoms with E-state index in [2.05, 4.69) is 0 Å².